The Hall–Kier alpha value is -1.07. The number of halogens is 2. The van der Waals surface area contributed by atoms with E-state index in [1.807, 2.05) is 4.90 Å². The Labute approximate surface area is 91.2 Å². The highest BCUT2D eigenvalue weighted by Gasteiger charge is 2.16. The average molecular weight is 233 g/mol. The molecule has 2 heterocycles. The van der Waals surface area contributed by atoms with Gasteiger partial charge in [0, 0.05) is 19.2 Å². The molecule has 82 valence electrons. The molecular formula is C9H10ClFN2O2. The lowest BCUT2D eigenvalue weighted by atomic mass is 10.3. The molecule has 0 unspecified atom stereocenters. The van der Waals surface area contributed by atoms with Gasteiger partial charge in [-0.25, -0.2) is 9.37 Å². The first kappa shape index (κ1) is 10.4. The molecule has 1 N–H and O–H groups in total. The van der Waals surface area contributed by atoms with Crippen LogP contribution in [0.15, 0.2) is 6.07 Å². The van der Waals surface area contributed by atoms with E-state index < -0.39 is 11.6 Å². The van der Waals surface area contributed by atoms with Crippen molar-refractivity contribution in [2.75, 3.05) is 31.2 Å². The van der Waals surface area contributed by atoms with Crippen molar-refractivity contribution in [2.45, 2.75) is 0 Å². The SMILES string of the molecule is Oc1c(F)cc(N2CCOCC2)nc1Cl. The van der Waals surface area contributed by atoms with E-state index in [2.05, 4.69) is 4.98 Å². The first-order valence-electron chi connectivity index (χ1n) is 4.56. The van der Waals surface area contributed by atoms with E-state index in [1.165, 1.54) is 6.07 Å². The zero-order chi connectivity index (χ0) is 10.8. The summed E-state index contributed by atoms with van der Waals surface area (Å²) in [5, 5.41) is 8.90. The van der Waals surface area contributed by atoms with Gasteiger partial charge in [-0.1, -0.05) is 11.6 Å². The topological polar surface area (TPSA) is 45.6 Å². The van der Waals surface area contributed by atoms with Gasteiger partial charge in [-0.15, -0.1) is 0 Å². The Bertz CT molecular complexity index is 346. The van der Waals surface area contributed by atoms with Crippen molar-refractivity contribution in [1.82, 2.24) is 4.98 Å². The van der Waals surface area contributed by atoms with Gasteiger partial charge in [0.15, 0.2) is 16.7 Å². The molecule has 0 radical (unpaired) electrons. The number of hydrogen-bond acceptors (Lipinski definition) is 4. The van der Waals surface area contributed by atoms with Crippen LogP contribution < -0.4 is 4.90 Å². The molecule has 0 saturated carbocycles. The molecule has 0 aliphatic carbocycles. The second kappa shape index (κ2) is 4.20. The van der Waals surface area contributed by atoms with Crippen LogP contribution >= 0.6 is 11.6 Å². The highest BCUT2D eigenvalue weighted by molar-refractivity contribution is 6.30. The lowest BCUT2D eigenvalue weighted by Gasteiger charge is -2.27. The minimum atomic E-state index is -0.753. The van der Waals surface area contributed by atoms with E-state index in [4.69, 9.17) is 21.4 Å². The fourth-order valence-corrected chi connectivity index (χ4v) is 1.60. The van der Waals surface area contributed by atoms with Gasteiger partial charge in [-0.05, 0) is 0 Å². The number of rotatable bonds is 1. The standard InChI is InChI=1S/C9H10ClFN2O2/c10-9-8(14)6(11)5-7(12-9)13-1-3-15-4-2-13/h5,14H,1-4H2. The van der Waals surface area contributed by atoms with E-state index in [0.29, 0.717) is 32.1 Å². The monoisotopic (exact) mass is 232 g/mol. The lowest BCUT2D eigenvalue weighted by Crippen LogP contribution is -2.36. The van der Waals surface area contributed by atoms with Crippen LogP contribution in [-0.4, -0.2) is 36.4 Å². The van der Waals surface area contributed by atoms with Crippen LogP contribution in [0.2, 0.25) is 5.15 Å². The highest BCUT2D eigenvalue weighted by Crippen LogP contribution is 2.28. The number of nitrogens with zero attached hydrogens (tertiary/aromatic N) is 2. The molecule has 1 fully saturated rings. The third kappa shape index (κ3) is 2.13. The summed E-state index contributed by atoms with van der Waals surface area (Å²) in [6, 6.07) is 1.17. The van der Waals surface area contributed by atoms with Crippen molar-refractivity contribution in [3.63, 3.8) is 0 Å². The quantitative estimate of drug-likeness (QED) is 0.744. The lowest BCUT2D eigenvalue weighted by molar-refractivity contribution is 0.122. The van der Waals surface area contributed by atoms with E-state index >= 15 is 0 Å². The molecule has 1 aromatic heterocycles. The summed E-state index contributed by atoms with van der Waals surface area (Å²) in [6.45, 7) is 2.46. The van der Waals surface area contributed by atoms with Crippen molar-refractivity contribution in [2.24, 2.45) is 0 Å². The largest absolute Gasteiger partial charge is 0.503 e. The zero-order valence-electron chi connectivity index (χ0n) is 7.91. The van der Waals surface area contributed by atoms with Crippen LogP contribution in [0.1, 0.15) is 0 Å². The summed E-state index contributed by atoms with van der Waals surface area (Å²) < 4.78 is 18.3. The summed E-state index contributed by atoms with van der Waals surface area (Å²) in [6.07, 6.45) is 0. The molecule has 0 aromatic carbocycles. The maximum Gasteiger partial charge on any atom is 0.189 e. The van der Waals surface area contributed by atoms with Gasteiger partial charge in [-0.3, -0.25) is 0 Å². The molecule has 0 atom stereocenters. The first-order valence-corrected chi connectivity index (χ1v) is 4.94. The normalized spacial score (nSPS) is 16.8. The van der Waals surface area contributed by atoms with Crippen molar-refractivity contribution >= 4 is 17.4 Å². The fraction of sp³-hybridized carbons (Fsp3) is 0.444. The molecule has 15 heavy (non-hydrogen) atoms. The Balaban J connectivity index is 2.27. The summed E-state index contributed by atoms with van der Waals surface area (Å²) in [7, 11) is 0. The third-order valence-electron chi connectivity index (χ3n) is 2.23. The van der Waals surface area contributed by atoms with Crippen LogP contribution in [0.25, 0.3) is 0 Å². The van der Waals surface area contributed by atoms with Crippen LogP contribution in [0.3, 0.4) is 0 Å². The molecule has 1 aliphatic heterocycles. The van der Waals surface area contributed by atoms with Gasteiger partial charge < -0.3 is 14.7 Å². The minimum absolute atomic E-state index is 0.212. The van der Waals surface area contributed by atoms with E-state index in [9.17, 15) is 4.39 Å². The van der Waals surface area contributed by atoms with Gasteiger partial charge in [0.1, 0.15) is 5.82 Å². The molecule has 2 rings (SSSR count). The number of aromatic nitrogens is 1. The van der Waals surface area contributed by atoms with Gasteiger partial charge in [0.25, 0.3) is 0 Å². The van der Waals surface area contributed by atoms with Gasteiger partial charge in [0.05, 0.1) is 13.2 Å². The van der Waals surface area contributed by atoms with E-state index in [0.717, 1.165) is 0 Å². The van der Waals surface area contributed by atoms with Crippen molar-refractivity contribution in [3.05, 3.63) is 17.0 Å². The number of morpholine rings is 1. The molecule has 1 saturated heterocycles. The van der Waals surface area contributed by atoms with Crippen molar-refractivity contribution in [1.29, 1.82) is 0 Å². The molecule has 0 spiro atoms. The Morgan fingerprint density at radius 3 is 2.73 bits per heavy atom. The van der Waals surface area contributed by atoms with Crippen molar-refractivity contribution in [3.8, 4) is 5.75 Å². The maximum atomic E-state index is 13.2. The molecule has 4 nitrogen and oxygen atoms in total. The molecule has 1 aliphatic rings. The predicted octanol–water partition coefficient (Wildman–Crippen LogP) is 1.42. The Kier molecular flexibility index (Phi) is 2.93. The van der Waals surface area contributed by atoms with E-state index in [1.54, 1.807) is 0 Å². The Morgan fingerprint density at radius 1 is 1.47 bits per heavy atom. The van der Waals surface area contributed by atoms with Crippen molar-refractivity contribution < 1.29 is 14.2 Å². The molecular weight excluding hydrogens is 223 g/mol. The molecule has 0 bridgehead atoms. The third-order valence-corrected chi connectivity index (χ3v) is 2.49. The zero-order valence-corrected chi connectivity index (χ0v) is 8.67. The number of pyridine rings is 1. The molecule has 6 heteroatoms. The summed E-state index contributed by atoms with van der Waals surface area (Å²) in [4.78, 5) is 5.76. The first-order chi connectivity index (χ1) is 7.18. The minimum Gasteiger partial charge on any atom is -0.503 e. The average Bonchev–Trinajstić information content (AvgIpc) is 2.26. The van der Waals surface area contributed by atoms with E-state index in [-0.39, 0.29) is 5.15 Å². The number of ether oxygens (including phenoxy) is 1. The second-order valence-electron chi connectivity index (χ2n) is 3.20. The van der Waals surface area contributed by atoms with Crippen LogP contribution in [0.5, 0.6) is 5.75 Å². The number of aromatic hydroxyl groups is 1. The van der Waals surface area contributed by atoms with Crippen LogP contribution in [-0.2, 0) is 4.74 Å². The molecule has 0 amide bonds. The maximum absolute atomic E-state index is 13.2. The Morgan fingerprint density at radius 2 is 2.13 bits per heavy atom. The predicted molar refractivity (Wildman–Crippen MR) is 53.9 cm³/mol. The van der Waals surface area contributed by atoms with Gasteiger partial charge in [0.2, 0.25) is 0 Å². The number of hydrogen-bond donors (Lipinski definition) is 1. The van der Waals surface area contributed by atoms with Gasteiger partial charge >= 0.3 is 0 Å². The molecule has 1 aromatic rings. The summed E-state index contributed by atoms with van der Waals surface area (Å²) >= 11 is 5.58. The van der Waals surface area contributed by atoms with Crippen LogP contribution in [0.4, 0.5) is 10.2 Å². The smallest absolute Gasteiger partial charge is 0.189 e. The summed E-state index contributed by atoms with van der Waals surface area (Å²) in [5.41, 5.74) is 0. The second-order valence-corrected chi connectivity index (χ2v) is 3.56. The summed E-state index contributed by atoms with van der Waals surface area (Å²) in [5.74, 6) is -0.927. The fourth-order valence-electron chi connectivity index (χ4n) is 1.42. The highest BCUT2D eigenvalue weighted by atomic mass is 35.5. The van der Waals surface area contributed by atoms with Crippen LogP contribution in [0, 0.1) is 5.82 Å². The van der Waals surface area contributed by atoms with Gasteiger partial charge in [-0.2, -0.15) is 0 Å². The number of anilines is 1.